The van der Waals surface area contributed by atoms with Gasteiger partial charge in [-0.15, -0.1) is 0 Å². The minimum atomic E-state index is -0.133. The van der Waals surface area contributed by atoms with Crippen molar-refractivity contribution in [3.05, 3.63) is 163 Å². The highest BCUT2D eigenvalue weighted by Crippen LogP contribution is 2.53. The fourth-order valence-corrected chi connectivity index (χ4v) is 8.02. The zero-order valence-corrected chi connectivity index (χ0v) is 26.7. The van der Waals surface area contributed by atoms with Crippen LogP contribution in [0.2, 0.25) is 0 Å². The van der Waals surface area contributed by atoms with E-state index in [2.05, 4.69) is 146 Å². The van der Waals surface area contributed by atoms with E-state index in [0.717, 1.165) is 72.1 Å². The van der Waals surface area contributed by atoms with Crippen LogP contribution < -0.4 is 4.90 Å². The van der Waals surface area contributed by atoms with E-state index in [9.17, 15) is 0 Å². The molecule has 7 aromatic carbocycles. The van der Waals surface area contributed by atoms with Crippen LogP contribution in [-0.2, 0) is 5.41 Å². The summed E-state index contributed by atoms with van der Waals surface area (Å²) < 4.78 is 13.3. The van der Waals surface area contributed by atoms with Gasteiger partial charge in [0.25, 0.3) is 0 Å². The summed E-state index contributed by atoms with van der Waals surface area (Å²) in [5.41, 5.74) is 14.0. The van der Waals surface area contributed by atoms with E-state index in [0.29, 0.717) is 0 Å². The molecule has 0 spiro atoms. The molecule has 0 amide bonds. The van der Waals surface area contributed by atoms with Gasteiger partial charge < -0.3 is 13.7 Å². The fraction of sp³-hybridized carbons (Fsp3) is 0.0667. The Balaban J connectivity index is 1.32. The van der Waals surface area contributed by atoms with E-state index in [1.165, 1.54) is 22.3 Å². The summed E-state index contributed by atoms with van der Waals surface area (Å²) >= 11 is 0. The van der Waals surface area contributed by atoms with Crippen molar-refractivity contribution in [2.24, 2.45) is 0 Å². The molecule has 0 aliphatic heterocycles. The van der Waals surface area contributed by atoms with Gasteiger partial charge in [0.05, 0.1) is 5.69 Å². The highest BCUT2D eigenvalue weighted by molar-refractivity contribution is 6.27. The molecule has 10 rings (SSSR count). The predicted octanol–water partition coefficient (Wildman–Crippen LogP) is 12.9. The number of fused-ring (bicyclic) bond motifs is 10. The molecule has 0 N–H and O–H groups in total. The Bertz CT molecular complexity index is 2700. The normalized spacial score (nSPS) is 13.4. The molecule has 0 saturated carbocycles. The number of hydrogen-bond donors (Lipinski definition) is 0. The largest absolute Gasteiger partial charge is 0.456 e. The SMILES string of the molecule is CC1(C)c2ccccc2-c2ccc(N(c3ccccc3)c3c(-c4ccccc4)ccc4c3oc3ccc5oc6ccccc6c5c34)cc21. The summed E-state index contributed by atoms with van der Waals surface area (Å²) in [6, 6.07) is 53.9. The molecule has 0 fully saturated rings. The molecule has 0 saturated heterocycles. The van der Waals surface area contributed by atoms with E-state index >= 15 is 0 Å². The number of furan rings is 2. The number of benzene rings is 7. The van der Waals surface area contributed by atoms with E-state index in [4.69, 9.17) is 8.83 Å². The van der Waals surface area contributed by atoms with Crippen molar-refractivity contribution >= 4 is 60.9 Å². The smallest absolute Gasteiger partial charge is 0.160 e. The first-order valence-electron chi connectivity index (χ1n) is 16.5. The van der Waals surface area contributed by atoms with Crippen molar-refractivity contribution in [2.75, 3.05) is 4.90 Å². The summed E-state index contributed by atoms with van der Waals surface area (Å²) in [6.45, 7) is 4.67. The van der Waals surface area contributed by atoms with Gasteiger partial charge in [0.2, 0.25) is 0 Å². The molecule has 1 aliphatic rings. The summed E-state index contributed by atoms with van der Waals surface area (Å²) in [6.07, 6.45) is 0. The van der Waals surface area contributed by atoms with Crippen LogP contribution >= 0.6 is 0 Å². The maximum absolute atomic E-state index is 7.00. The van der Waals surface area contributed by atoms with Crippen molar-refractivity contribution < 1.29 is 8.83 Å². The molecule has 48 heavy (non-hydrogen) atoms. The number of anilines is 3. The molecule has 0 bridgehead atoms. The number of para-hydroxylation sites is 2. The second-order valence-electron chi connectivity index (χ2n) is 13.3. The van der Waals surface area contributed by atoms with Crippen LogP contribution in [0.4, 0.5) is 17.1 Å². The Hall–Kier alpha value is -6.06. The first kappa shape index (κ1) is 27.1. The predicted molar refractivity (Wildman–Crippen MR) is 199 cm³/mol. The van der Waals surface area contributed by atoms with Gasteiger partial charge in [0, 0.05) is 43.9 Å². The lowest BCUT2D eigenvalue weighted by Gasteiger charge is -2.29. The molecule has 0 radical (unpaired) electrons. The van der Waals surface area contributed by atoms with Gasteiger partial charge in [-0.25, -0.2) is 0 Å². The van der Waals surface area contributed by atoms with Crippen LogP contribution in [0.3, 0.4) is 0 Å². The lowest BCUT2D eigenvalue weighted by Crippen LogP contribution is -2.17. The Labute approximate surface area is 278 Å². The van der Waals surface area contributed by atoms with Gasteiger partial charge in [-0.05, 0) is 76.3 Å². The average molecular weight is 618 g/mol. The maximum atomic E-state index is 7.00. The van der Waals surface area contributed by atoms with Crippen molar-refractivity contribution in [3.63, 3.8) is 0 Å². The van der Waals surface area contributed by atoms with Crippen LogP contribution in [0.1, 0.15) is 25.0 Å². The minimum Gasteiger partial charge on any atom is -0.456 e. The van der Waals surface area contributed by atoms with E-state index in [-0.39, 0.29) is 5.41 Å². The number of rotatable bonds is 4. The van der Waals surface area contributed by atoms with Crippen LogP contribution in [-0.4, -0.2) is 0 Å². The lowest BCUT2D eigenvalue weighted by molar-refractivity contribution is 0.660. The molecule has 0 atom stereocenters. The van der Waals surface area contributed by atoms with Gasteiger partial charge in [-0.1, -0.05) is 117 Å². The molecule has 2 aromatic heterocycles. The van der Waals surface area contributed by atoms with Crippen LogP contribution in [0.15, 0.2) is 160 Å². The first-order chi connectivity index (χ1) is 23.6. The average Bonchev–Trinajstić information content (AvgIpc) is 3.77. The Morgan fingerprint density at radius 2 is 1.10 bits per heavy atom. The summed E-state index contributed by atoms with van der Waals surface area (Å²) in [5.74, 6) is 0. The van der Waals surface area contributed by atoms with Crippen LogP contribution in [0.25, 0.3) is 66.1 Å². The van der Waals surface area contributed by atoms with E-state index in [1.807, 2.05) is 24.3 Å². The van der Waals surface area contributed by atoms with Crippen molar-refractivity contribution in [1.29, 1.82) is 0 Å². The standard InChI is InChI=1S/C45H31NO2/c1-45(2)36-19-11-9-17-32(36)33-22-21-30(27-37(33)45)46(29-15-7-4-8-16-29)43-31(28-13-5-3-6-14-28)23-24-35-42-40(48-44(35)43)26-25-39-41(42)34-18-10-12-20-38(34)47-39/h3-27H,1-2H3. The topological polar surface area (TPSA) is 29.5 Å². The number of nitrogens with zero attached hydrogens (tertiary/aromatic N) is 1. The fourth-order valence-electron chi connectivity index (χ4n) is 8.02. The Morgan fingerprint density at radius 1 is 0.458 bits per heavy atom. The molecule has 0 unspecified atom stereocenters. The third-order valence-electron chi connectivity index (χ3n) is 10.3. The third kappa shape index (κ3) is 3.76. The lowest BCUT2D eigenvalue weighted by atomic mass is 9.82. The van der Waals surface area contributed by atoms with E-state index in [1.54, 1.807) is 0 Å². The minimum absolute atomic E-state index is 0.133. The zero-order valence-electron chi connectivity index (χ0n) is 26.7. The van der Waals surface area contributed by atoms with Gasteiger partial charge >= 0.3 is 0 Å². The maximum Gasteiger partial charge on any atom is 0.160 e. The Kier molecular flexibility index (Phi) is 5.63. The summed E-state index contributed by atoms with van der Waals surface area (Å²) in [7, 11) is 0. The summed E-state index contributed by atoms with van der Waals surface area (Å²) in [5, 5.41) is 4.32. The van der Waals surface area contributed by atoms with Crippen molar-refractivity contribution in [2.45, 2.75) is 19.3 Å². The first-order valence-corrected chi connectivity index (χ1v) is 16.5. The molecule has 3 heteroatoms. The second-order valence-corrected chi connectivity index (χ2v) is 13.3. The molecule has 2 heterocycles. The molecule has 3 nitrogen and oxygen atoms in total. The van der Waals surface area contributed by atoms with Crippen LogP contribution in [0.5, 0.6) is 0 Å². The van der Waals surface area contributed by atoms with Crippen molar-refractivity contribution in [3.8, 4) is 22.3 Å². The molecule has 9 aromatic rings. The molecule has 228 valence electrons. The van der Waals surface area contributed by atoms with E-state index < -0.39 is 0 Å². The monoisotopic (exact) mass is 617 g/mol. The van der Waals surface area contributed by atoms with Gasteiger partial charge in [-0.3, -0.25) is 0 Å². The molecular formula is C45H31NO2. The number of hydrogen-bond acceptors (Lipinski definition) is 3. The van der Waals surface area contributed by atoms with Crippen LogP contribution in [0, 0.1) is 0 Å². The Morgan fingerprint density at radius 3 is 1.94 bits per heavy atom. The van der Waals surface area contributed by atoms with Crippen molar-refractivity contribution in [1.82, 2.24) is 0 Å². The summed E-state index contributed by atoms with van der Waals surface area (Å²) in [4.78, 5) is 2.39. The van der Waals surface area contributed by atoms with Gasteiger partial charge in [0.15, 0.2) is 5.58 Å². The quantitative estimate of drug-likeness (QED) is 0.197. The highest BCUT2D eigenvalue weighted by atomic mass is 16.3. The molecule has 1 aliphatic carbocycles. The van der Waals surface area contributed by atoms with Gasteiger partial charge in [-0.2, -0.15) is 0 Å². The third-order valence-corrected chi connectivity index (χ3v) is 10.3. The second kappa shape index (κ2) is 9.97. The zero-order chi connectivity index (χ0) is 32.0. The van der Waals surface area contributed by atoms with Gasteiger partial charge in [0.1, 0.15) is 16.7 Å². The molecular weight excluding hydrogens is 587 g/mol. The highest BCUT2D eigenvalue weighted by Gasteiger charge is 2.36.